The van der Waals surface area contributed by atoms with E-state index in [1.54, 1.807) is 16.8 Å². The molecule has 2 nitrogen and oxygen atoms in total. The molecule has 0 aromatic carbocycles. The van der Waals surface area contributed by atoms with Gasteiger partial charge in [-0.25, -0.2) is 4.98 Å². The van der Waals surface area contributed by atoms with Crippen LogP contribution in [0, 0.1) is 0 Å². The minimum Gasteiger partial charge on any atom is -0.288 e. The van der Waals surface area contributed by atoms with E-state index in [0.29, 0.717) is 5.56 Å². The highest BCUT2D eigenvalue weighted by molar-refractivity contribution is 7.08. The SMILES string of the molecule is O=C(c1ccsc1)c1ccc(C(F)(F)F)nc1Cl. The normalized spacial score (nSPS) is 11.6. The molecule has 0 spiro atoms. The van der Waals surface area contributed by atoms with Gasteiger partial charge in [0.1, 0.15) is 10.8 Å². The zero-order valence-electron chi connectivity index (χ0n) is 8.66. The zero-order valence-corrected chi connectivity index (χ0v) is 10.2. The standard InChI is InChI=1S/C11H5ClF3NOS/c12-10-7(9(17)6-3-4-18-5-6)1-2-8(16-10)11(13,14)15/h1-5H. The number of rotatable bonds is 2. The van der Waals surface area contributed by atoms with E-state index in [1.807, 2.05) is 0 Å². The molecule has 7 heteroatoms. The molecule has 0 aliphatic rings. The molecule has 0 N–H and O–H groups in total. The van der Waals surface area contributed by atoms with Crippen LogP contribution in [-0.4, -0.2) is 10.8 Å². The van der Waals surface area contributed by atoms with Gasteiger partial charge >= 0.3 is 6.18 Å². The fraction of sp³-hybridized carbons (Fsp3) is 0.0909. The lowest BCUT2D eigenvalue weighted by Crippen LogP contribution is -2.10. The fourth-order valence-corrected chi connectivity index (χ4v) is 2.19. The number of thiophene rings is 1. The summed E-state index contributed by atoms with van der Waals surface area (Å²) in [6.45, 7) is 0. The van der Waals surface area contributed by atoms with Gasteiger partial charge in [0.2, 0.25) is 0 Å². The summed E-state index contributed by atoms with van der Waals surface area (Å²) < 4.78 is 37.1. The Balaban J connectivity index is 2.40. The fourth-order valence-electron chi connectivity index (χ4n) is 1.31. The van der Waals surface area contributed by atoms with Crippen molar-refractivity contribution in [1.82, 2.24) is 4.98 Å². The predicted molar refractivity (Wildman–Crippen MR) is 62.0 cm³/mol. The Kier molecular flexibility index (Phi) is 3.41. The van der Waals surface area contributed by atoms with E-state index >= 15 is 0 Å². The molecular formula is C11H5ClF3NOS. The van der Waals surface area contributed by atoms with E-state index in [2.05, 4.69) is 4.98 Å². The summed E-state index contributed by atoms with van der Waals surface area (Å²) in [7, 11) is 0. The quantitative estimate of drug-likeness (QED) is 0.617. The molecule has 0 fully saturated rings. The number of carbonyl (C=O) groups is 1. The van der Waals surface area contributed by atoms with Crippen molar-refractivity contribution in [2.45, 2.75) is 6.18 Å². The third kappa shape index (κ3) is 2.54. The number of pyridine rings is 1. The second-order valence-electron chi connectivity index (χ2n) is 3.37. The lowest BCUT2D eigenvalue weighted by atomic mass is 10.1. The van der Waals surface area contributed by atoms with E-state index in [4.69, 9.17) is 11.6 Å². The van der Waals surface area contributed by atoms with Gasteiger partial charge in [-0.15, -0.1) is 0 Å². The molecule has 94 valence electrons. The maximum Gasteiger partial charge on any atom is 0.433 e. The molecule has 0 unspecified atom stereocenters. The maximum absolute atomic E-state index is 12.4. The molecule has 0 saturated heterocycles. The molecule has 0 atom stereocenters. The van der Waals surface area contributed by atoms with Crippen LogP contribution in [0.5, 0.6) is 0 Å². The summed E-state index contributed by atoms with van der Waals surface area (Å²) in [5.41, 5.74) is -0.777. The van der Waals surface area contributed by atoms with Crippen molar-refractivity contribution in [3.8, 4) is 0 Å². The van der Waals surface area contributed by atoms with Gasteiger partial charge in [0.05, 0.1) is 5.56 Å². The summed E-state index contributed by atoms with van der Waals surface area (Å²) >= 11 is 6.93. The minimum atomic E-state index is -4.58. The Morgan fingerprint density at radius 2 is 2.00 bits per heavy atom. The van der Waals surface area contributed by atoms with E-state index in [9.17, 15) is 18.0 Å². The van der Waals surface area contributed by atoms with Gasteiger partial charge in [0.15, 0.2) is 5.78 Å². The largest absolute Gasteiger partial charge is 0.433 e. The van der Waals surface area contributed by atoms with Gasteiger partial charge in [0, 0.05) is 10.9 Å². The Morgan fingerprint density at radius 3 is 2.50 bits per heavy atom. The van der Waals surface area contributed by atoms with Crippen LogP contribution in [0.15, 0.2) is 29.0 Å². The van der Waals surface area contributed by atoms with Crippen LogP contribution < -0.4 is 0 Å². The van der Waals surface area contributed by atoms with E-state index in [-0.39, 0.29) is 5.56 Å². The lowest BCUT2D eigenvalue weighted by molar-refractivity contribution is -0.141. The molecule has 2 heterocycles. The summed E-state index contributed by atoms with van der Waals surface area (Å²) in [6.07, 6.45) is -4.58. The van der Waals surface area contributed by atoms with Crippen molar-refractivity contribution >= 4 is 28.7 Å². The number of halogens is 4. The van der Waals surface area contributed by atoms with Gasteiger partial charge in [-0.1, -0.05) is 11.6 Å². The van der Waals surface area contributed by atoms with Crippen LogP contribution in [0.1, 0.15) is 21.6 Å². The Morgan fingerprint density at radius 1 is 1.28 bits per heavy atom. The molecule has 2 rings (SSSR count). The molecule has 0 radical (unpaired) electrons. The predicted octanol–water partition coefficient (Wildman–Crippen LogP) is 4.05. The van der Waals surface area contributed by atoms with Crippen molar-refractivity contribution in [2.24, 2.45) is 0 Å². The molecule has 0 aliphatic heterocycles. The minimum absolute atomic E-state index is 0.0388. The maximum atomic E-state index is 12.4. The third-order valence-electron chi connectivity index (χ3n) is 2.17. The number of carbonyl (C=O) groups excluding carboxylic acids is 1. The zero-order chi connectivity index (χ0) is 13.3. The van der Waals surface area contributed by atoms with E-state index in [0.717, 1.165) is 12.1 Å². The van der Waals surface area contributed by atoms with Crippen LogP contribution in [0.3, 0.4) is 0 Å². The van der Waals surface area contributed by atoms with Crippen molar-refractivity contribution in [3.05, 3.63) is 50.9 Å². The highest BCUT2D eigenvalue weighted by Crippen LogP contribution is 2.30. The van der Waals surface area contributed by atoms with Crippen LogP contribution in [0.2, 0.25) is 5.15 Å². The van der Waals surface area contributed by atoms with Crippen LogP contribution in [-0.2, 0) is 6.18 Å². The molecule has 0 saturated carbocycles. The van der Waals surface area contributed by atoms with E-state index < -0.39 is 22.8 Å². The number of alkyl halides is 3. The van der Waals surface area contributed by atoms with Gasteiger partial charge < -0.3 is 0 Å². The topological polar surface area (TPSA) is 30.0 Å². The van der Waals surface area contributed by atoms with Crippen molar-refractivity contribution < 1.29 is 18.0 Å². The number of nitrogens with zero attached hydrogens (tertiary/aromatic N) is 1. The second kappa shape index (κ2) is 4.70. The highest BCUT2D eigenvalue weighted by Gasteiger charge is 2.33. The molecule has 0 aliphatic carbocycles. The average Bonchev–Trinajstić information content (AvgIpc) is 2.80. The number of ketones is 1. The monoisotopic (exact) mass is 291 g/mol. The first kappa shape index (κ1) is 13.0. The van der Waals surface area contributed by atoms with Crippen LogP contribution >= 0.6 is 22.9 Å². The number of hydrogen-bond acceptors (Lipinski definition) is 3. The number of hydrogen-bond donors (Lipinski definition) is 0. The third-order valence-corrected chi connectivity index (χ3v) is 3.14. The van der Waals surface area contributed by atoms with Crippen molar-refractivity contribution in [2.75, 3.05) is 0 Å². The summed E-state index contributed by atoms with van der Waals surface area (Å²) in [5, 5.41) is 2.84. The van der Waals surface area contributed by atoms with Crippen molar-refractivity contribution in [1.29, 1.82) is 0 Å². The molecule has 0 amide bonds. The smallest absolute Gasteiger partial charge is 0.288 e. The summed E-state index contributed by atoms with van der Waals surface area (Å²) in [5.74, 6) is -0.442. The lowest BCUT2D eigenvalue weighted by Gasteiger charge is -2.07. The number of aromatic nitrogens is 1. The van der Waals surface area contributed by atoms with Crippen LogP contribution in [0.25, 0.3) is 0 Å². The summed E-state index contributed by atoms with van der Waals surface area (Å²) in [4.78, 5) is 15.1. The molecule has 2 aromatic rings. The van der Waals surface area contributed by atoms with Crippen LogP contribution in [0.4, 0.5) is 13.2 Å². The Hall–Kier alpha value is -1.40. The molecule has 0 bridgehead atoms. The first-order valence-corrected chi connectivity index (χ1v) is 6.02. The average molecular weight is 292 g/mol. The molecule has 18 heavy (non-hydrogen) atoms. The van der Waals surface area contributed by atoms with Crippen molar-refractivity contribution in [3.63, 3.8) is 0 Å². The molecule has 2 aromatic heterocycles. The van der Waals surface area contributed by atoms with Gasteiger partial charge in [0.25, 0.3) is 0 Å². The highest BCUT2D eigenvalue weighted by atomic mass is 35.5. The first-order chi connectivity index (χ1) is 8.39. The Bertz CT molecular complexity index is 580. The second-order valence-corrected chi connectivity index (χ2v) is 4.51. The van der Waals surface area contributed by atoms with Gasteiger partial charge in [-0.3, -0.25) is 4.79 Å². The van der Waals surface area contributed by atoms with Gasteiger partial charge in [-0.05, 0) is 23.6 Å². The van der Waals surface area contributed by atoms with Gasteiger partial charge in [-0.2, -0.15) is 24.5 Å². The first-order valence-electron chi connectivity index (χ1n) is 4.70. The van der Waals surface area contributed by atoms with E-state index in [1.165, 1.54) is 11.3 Å². The Labute approximate surface area is 109 Å². The summed E-state index contributed by atoms with van der Waals surface area (Å²) in [6, 6.07) is 3.35. The molecular weight excluding hydrogens is 287 g/mol.